The minimum absolute atomic E-state index is 0.0908. The maximum absolute atomic E-state index is 11.7. The van der Waals surface area contributed by atoms with E-state index in [1.165, 1.54) is 0 Å². The average Bonchev–Trinajstić information content (AvgIpc) is 3.14. The highest BCUT2D eigenvalue weighted by Gasteiger charge is 2.57. The summed E-state index contributed by atoms with van der Waals surface area (Å²) >= 11 is 0. The molecule has 1 amide bonds. The summed E-state index contributed by atoms with van der Waals surface area (Å²) < 4.78 is 10.4. The van der Waals surface area contributed by atoms with Crippen molar-refractivity contribution in [2.24, 2.45) is 11.3 Å². The van der Waals surface area contributed by atoms with E-state index in [2.05, 4.69) is 4.90 Å². The van der Waals surface area contributed by atoms with Gasteiger partial charge >= 0.3 is 12.1 Å². The van der Waals surface area contributed by atoms with Gasteiger partial charge < -0.3 is 24.6 Å². The van der Waals surface area contributed by atoms with Crippen LogP contribution in [0.15, 0.2) is 0 Å². The van der Waals surface area contributed by atoms with Crippen molar-refractivity contribution in [3.8, 4) is 0 Å². The Hall–Kier alpha value is -1.87. The van der Waals surface area contributed by atoms with Crippen LogP contribution < -0.4 is 0 Å². The first-order valence-corrected chi connectivity index (χ1v) is 8.53. The van der Waals surface area contributed by atoms with E-state index in [-0.39, 0.29) is 18.5 Å². The molecule has 142 valence electrons. The molecule has 0 aliphatic carbocycles. The standard InChI is InChI=1S/C15H24N2O5.CH2O2/c1-2-22-14(20)16-5-3-12(4-6-16)17-7-11-8-21-10-15(11,9-17)13(18)19;2-1-3/h11-12H,2-10H2,1H3,(H,18,19);1H,(H,2,3)/t11-,15-;/m1./s1. The Morgan fingerprint density at radius 1 is 1.36 bits per heavy atom. The molecule has 3 fully saturated rings. The molecule has 2 N–H and O–H groups in total. The molecule has 0 radical (unpaired) electrons. The fourth-order valence-corrected chi connectivity index (χ4v) is 3.98. The molecule has 9 heteroatoms. The summed E-state index contributed by atoms with van der Waals surface area (Å²) in [4.78, 5) is 35.8. The van der Waals surface area contributed by atoms with E-state index >= 15 is 0 Å². The highest BCUT2D eigenvalue weighted by atomic mass is 16.6. The fraction of sp³-hybridized carbons (Fsp3) is 0.812. The number of hydrogen-bond donors (Lipinski definition) is 2. The SMILES string of the molecule is CCOC(=O)N1CCC(N2C[C@@H]3COC[C@]3(C(=O)O)C2)CC1.O=CO. The van der Waals surface area contributed by atoms with Gasteiger partial charge in [0.15, 0.2) is 0 Å². The molecule has 3 heterocycles. The minimum Gasteiger partial charge on any atom is -0.483 e. The fourth-order valence-electron chi connectivity index (χ4n) is 3.98. The molecular formula is C16H26N2O7. The van der Waals surface area contributed by atoms with E-state index in [9.17, 15) is 14.7 Å². The molecule has 0 aromatic heterocycles. The van der Waals surface area contributed by atoms with E-state index < -0.39 is 11.4 Å². The topological polar surface area (TPSA) is 117 Å². The normalized spacial score (nSPS) is 29.5. The zero-order chi connectivity index (χ0) is 18.4. The third kappa shape index (κ3) is 4.04. The van der Waals surface area contributed by atoms with Gasteiger partial charge in [0.2, 0.25) is 0 Å². The van der Waals surface area contributed by atoms with Crippen molar-refractivity contribution < 1.29 is 34.1 Å². The second-order valence-corrected chi connectivity index (χ2v) is 6.63. The summed E-state index contributed by atoms with van der Waals surface area (Å²) in [6.45, 7) is 5.54. The lowest BCUT2D eigenvalue weighted by Crippen LogP contribution is -2.47. The zero-order valence-corrected chi connectivity index (χ0v) is 14.4. The number of ether oxygens (including phenoxy) is 2. The Morgan fingerprint density at radius 3 is 2.52 bits per heavy atom. The molecule has 0 aromatic carbocycles. The lowest BCUT2D eigenvalue weighted by molar-refractivity contribution is -0.149. The van der Waals surface area contributed by atoms with Crippen LogP contribution in [-0.2, 0) is 19.1 Å². The van der Waals surface area contributed by atoms with E-state index in [1.807, 2.05) is 0 Å². The van der Waals surface area contributed by atoms with Crippen LogP contribution in [0.3, 0.4) is 0 Å². The number of carboxylic acids is 1. The van der Waals surface area contributed by atoms with Gasteiger partial charge in [-0.3, -0.25) is 14.5 Å². The quantitative estimate of drug-likeness (QED) is 0.694. The summed E-state index contributed by atoms with van der Waals surface area (Å²) in [6.07, 6.45) is 1.51. The molecule has 3 rings (SSSR count). The molecule has 3 aliphatic rings. The number of carbonyl (C=O) groups excluding carboxylic acids is 1. The predicted octanol–water partition coefficient (Wildman–Crippen LogP) is 0.341. The number of piperidine rings is 1. The smallest absolute Gasteiger partial charge is 0.409 e. The summed E-state index contributed by atoms with van der Waals surface area (Å²) in [6, 6.07) is 0.354. The number of aliphatic carboxylic acids is 1. The van der Waals surface area contributed by atoms with Crippen molar-refractivity contribution in [1.82, 2.24) is 9.80 Å². The van der Waals surface area contributed by atoms with E-state index in [4.69, 9.17) is 19.4 Å². The van der Waals surface area contributed by atoms with Crippen LogP contribution in [0.5, 0.6) is 0 Å². The van der Waals surface area contributed by atoms with Crippen LogP contribution in [0.25, 0.3) is 0 Å². The Labute approximate surface area is 146 Å². The number of rotatable bonds is 3. The van der Waals surface area contributed by atoms with Gasteiger partial charge in [-0.2, -0.15) is 0 Å². The molecule has 2 atom stereocenters. The summed E-state index contributed by atoms with van der Waals surface area (Å²) in [5.41, 5.74) is -0.724. The third-order valence-corrected chi connectivity index (χ3v) is 5.33. The first-order chi connectivity index (χ1) is 12.0. The maximum atomic E-state index is 11.7. The van der Waals surface area contributed by atoms with Crippen LogP contribution in [0.2, 0.25) is 0 Å². The second kappa shape index (κ2) is 8.48. The van der Waals surface area contributed by atoms with Gasteiger partial charge in [0.1, 0.15) is 5.41 Å². The maximum Gasteiger partial charge on any atom is 0.409 e. The summed E-state index contributed by atoms with van der Waals surface area (Å²) in [5.74, 6) is -0.644. The number of fused-ring (bicyclic) bond motifs is 1. The number of amides is 1. The van der Waals surface area contributed by atoms with Crippen molar-refractivity contribution in [3.63, 3.8) is 0 Å². The molecule has 0 saturated carbocycles. The van der Waals surface area contributed by atoms with Gasteiger partial charge in [0.05, 0.1) is 19.8 Å². The van der Waals surface area contributed by atoms with Crippen LogP contribution in [0.1, 0.15) is 19.8 Å². The number of carboxylic acid groups (broad SMARTS) is 2. The Balaban J connectivity index is 0.000000701. The molecule has 3 aliphatic heterocycles. The highest BCUT2D eigenvalue weighted by Crippen LogP contribution is 2.43. The lowest BCUT2D eigenvalue weighted by atomic mass is 9.81. The van der Waals surface area contributed by atoms with E-state index in [1.54, 1.807) is 11.8 Å². The van der Waals surface area contributed by atoms with Gasteiger partial charge in [-0.15, -0.1) is 0 Å². The van der Waals surface area contributed by atoms with Gasteiger partial charge in [-0.1, -0.05) is 0 Å². The molecule has 25 heavy (non-hydrogen) atoms. The molecule has 9 nitrogen and oxygen atoms in total. The monoisotopic (exact) mass is 358 g/mol. The van der Waals surface area contributed by atoms with Gasteiger partial charge in [-0.05, 0) is 19.8 Å². The largest absolute Gasteiger partial charge is 0.483 e. The first kappa shape index (κ1) is 19.5. The number of nitrogens with zero attached hydrogens (tertiary/aromatic N) is 2. The molecule has 3 saturated heterocycles. The molecule has 0 bridgehead atoms. The average molecular weight is 358 g/mol. The number of carbonyl (C=O) groups is 3. The number of hydrogen-bond acceptors (Lipinski definition) is 6. The van der Waals surface area contributed by atoms with Crippen molar-refractivity contribution >= 4 is 18.5 Å². The summed E-state index contributed by atoms with van der Waals surface area (Å²) in [7, 11) is 0. The second-order valence-electron chi connectivity index (χ2n) is 6.63. The number of likely N-dealkylation sites (tertiary alicyclic amines) is 2. The minimum atomic E-state index is -0.735. The molecular weight excluding hydrogens is 332 g/mol. The van der Waals surface area contributed by atoms with E-state index in [0.717, 1.165) is 19.4 Å². The third-order valence-electron chi connectivity index (χ3n) is 5.33. The van der Waals surface area contributed by atoms with E-state index in [0.29, 0.717) is 45.5 Å². The Morgan fingerprint density at radius 2 is 2.00 bits per heavy atom. The summed E-state index contributed by atoms with van der Waals surface area (Å²) in [5, 5.41) is 16.5. The van der Waals surface area contributed by atoms with Gasteiger partial charge in [-0.25, -0.2) is 4.79 Å². The van der Waals surface area contributed by atoms with Crippen molar-refractivity contribution in [2.45, 2.75) is 25.8 Å². The van der Waals surface area contributed by atoms with Gasteiger partial charge in [0.25, 0.3) is 6.47 Å². The molecule has 0 unspecified atom stereocenters. The van der Waals surface area contributed by atoms with Crippen molar-refractivity contribution in [2.75, 3.05) is 46.0 Å². The van der Waals surface area contributed by atoms with Crippen LogP contribution >= 0.6 is 0 Å². The Bertz CT molecular complexity index is 493. The Kier molecular flexibility index (Phi) is 6.60. The van der Waals surface area contributed by atoms with Crippen LogP contribution in [0.4, 0.5) is 4.79 Å². The van der Waals surface area contributed by atoms with Crippen LogP contribution in [-0.4, -0.2) is 90.6 Å². The lowest BCUT2D eigenvalue weighted by Gasteiger charge is -2.36. The highest BCUT2D eigenvalue weighted by molar-refractivity contribution is 5.76. The van der Waals surface area contributed by atoms with Crippen molar-refractivity contribution in [3.05, 3.63) is 0 Å². The van der Waals surface area contributed by atoms with Crippen molar-refractivity contribution in [1.29, 1.82) is 0 Å². The molecule has 0 aromatic rings. The van der Waals surface area contributed by atoms with Crippen LogP contribution in [0, 0.1) is 11.3 Å². The molecule has 0 spiro atoms. The predicted molar refractivity (Wildman–Crippen MR) is 86.3 cm³/mol. The van der Waals surface area contributed by atoms with Gasteiger partial charge in [0, 0.05) is 38.1 Å². The zero-order valence-electron chi connectivity index (χ0n) is 14.4. The first-order valence-electron chi connectivity index (χ1n) is 8.53.